The highest BCUT2D eigenvalue weighted by Crippen LogP contribution is 2.32. The number of hydrogen-bond donors (Lipinski definition) is 2. The van der Waals surface area contributed by atoms with Crippen LogP contribution in [-0.2, 0) is 13.2 Å². The summed E-state index contributed by atoms with van der Waals surface area (Å²) in [7, 11) is 0. The van der Waals surface area contributed by atoms with E-state index in [0.717, 1.165) is 33.9 Å². The first kappa shape index (κ1) is 24.1. The number of anilines is 1. The quantitative estimate of drug-likeness (QED) is 0.205. The Kier molecular flexibility index (Phi) is 7.73. The van der Waals surface area contributed by atoms with E-state index in [2.05, 4.69) is 15.8 Å². The fourth-order valence-electron chi connectivity index (χ4n) is 3.57. The standard InChI is InChI=1S/C30H25N3O3S/c34-29(33-32-24-15-17-25(18-16-24)35-19-22-9-3-1-4-10-22)27-21-37-30(31-27)26-13-7-8-14-28(26)36-20-23-11-5-2-6-12-23/h1-18,21,32H,19-20H2,(H,33,34). The minimum atomic E-state index is -0.324. The molecule has 0 unspecified atom stereocenters. The normalized spacial score (nSPS) is 10.5. The second-order valence-corrected chi connectivity index (χ2v) is 9.04. The molecule has 0 bridgehead atoms. The number of benzene rings is 4. The SMILES string of the molecule is O=C(NNc1ccc(OCc2ccccc2)cc1)c1csc(-c2ccccc2OCc2ccccc2)n1. The lowest BCUT2D eigenvalue weighted by atomic mass is 10.2. The average molecular weight is 508 g/mol. The molecule has 0 aliphatic heterocycles. The van der Waals surface area contributed by atoms with Gasteiger partial charge in [-0.2, -0.15) is 0 Å². The molecule has 6 nitrogen and oxygen atoms in total. The number of carbonyl (C=O) groups is 1. The van der Waals surface area contributed by atoms with Crippen molar-refractivity contribution in [3.63, 3.8) is 0 Å². The molecule has 5 rings (SSSR count). The molecule has 1 amide bonds. The van der Waals surface area contributed by atoms with Crippen LogP contribution in [0, 0.1) is 0 Å². The number of ether oxygens (including phenoxy) is 2. The molecule has 4 aromatic carbocycles. The van der Waals surface area contributed by atoms with Gasteiger partial charge in [0, 0.05) is 5.38 Å². The van der Waals surface area contributed by atoms with Crippen molar-refractivity contribution in [3.05, 3.63) is 131 Å². The van der Waals surface area contributed by atoms with Gasteiger partial charge in [0.25, 0.3) is 5.91 Å². The van der Waals surface area contributed by atoms with E-state index in [1.54, 1.807) is 5.38 Å². The van der Waals surface area contributed by atoms with Crippen molar-refractivity contribution in [1.29, 1.82) is 0 Å². The molecule has 0 atom stereocenters. The minimum absolute atomic E-state index is 0.324. The summed E-state index contributed by atoms with van der Waals surface area (Å²) in [6, 6.07) is 35.1. The fraction of sp³-hybridized carbons (Fsp3) is 0.0667. The monoisotopic (exact) mass is 507 g/mol. The van der Waals surface area contributed by atoms with Gasteiger partial charge in [0.2, 0.25) is 0 Å². The molecule has 184 valence electrons. The number of rotatable bonds is 10. The summed E-state index contributed by atoms with van der Waals surface area (Å²) in [5.74, 6) is 1.15. The third-order valence-electron chi connectivity index (χ3n) is 5.51. The number of nitrogens with one attached hydrogen (secondary N) is 2. The molecule has 0 aliphatic rings. The molecule has 0 saturated heterocycles. The van der Waals surface area contributed by atoms with Gasteiger partial charge in [0.1, 0.15) is 35.4 Å². The van der Waals surface area contributed by atoms with E-state index in [0.29, 0.717) is 23.9 Å². The lowest BCUT2D eigenvalue weighted by Crippen LogP contribution is -2.29. The first-order valence-corrected chi connectivity index (χ1v) is 12.7. The van der Waals surface area contributed by atoms with Gasteiger partial charge in [-0.3, -0.25) is 15.6 Å². The average Bonchev–Trinajstić information content (AvgIpc) is 3.46. The Labute approximate surface area is 219 Å². The largest absolute Gasteiger partial charge is 0.489 e. The highest BCUT2D eigenvalue weighted by atomic mass is 32.1. The van der Waals surface area contributed by atoms with Crippen LogP contribution in [0.5, 0.6) is 11.5 Å². The molecular formula is C30H25N3O3S. The fourth-order valence-corrected chi connectivity index (χ4v) is 4.40. The van der Waals surface area contributed by atoms with Crippen molar-refractivity contribution in [2.75, 3.05) is 5.43 Å². The number of thiazole rings is 1. The number of hydrogen-bond acceptors (Lipinski definition) is 6. The van der Waals surface area contributed by atoms with E-state index in [1.165, 1.54) is 11.3 Å². The number of nitrogens with zero attached hydrogens (tertiary/aromatic N) is 1. The lowest BCUT2D eigenvalue weighted by molar-refractivity contribution is 0.0958. The smallest absolute Gasteiger partial charge is 0.289 e. The molecule has 0 fully saturated rings. The zero-order chi connectivity index (χ0) is 25.3. The summed E-state index contributed by atoms with van der Waals surface area (Å²) < 4.78 is 11.9. The molecule has 1 heterocycles. The van der Waals surface area contributed by atoms with E-state index in [1.807, 2.05) is 109 Å². The third-order valence-corrected chi connectivity index (χ3v) is 6.39. The maximum absolute atomic E-state index is 12.7. The Bertz CT molecular complexity index is 1440. The first-order chi connectivity index (χ1) is 18.2. The van der Waals surface area contributed by atoms with E-state index in [9.17, 15) is 4.79 Å². The summed E-state index contributed by atoms with van der Waals surface area (Å²) in [4.78, 5) is 17.2. The molecular weight excluding hydrogens is 482 g/mol. The van der Waals surface area contributed by atoms with E-state index in [-0.39, 0.29) is 5.91 Å². The molecule has 5 aromatic rings. The van der Waals surface area contributed by atoms with Crippen molar-refractivity contribution >= 4 is 22.9 Å². The highest BCUT2D eigenvalue weighted by molar-refractivity contribution is 7.13. The summed E-state index contributed by atoms with van der Waals surface area (Å²) in [5.41, 5.74) is 9.72. The molecule has 37 heavy (non-hydrogen) atoms. The molecule has 1 aromatic heterocycles. The van der Waals surface area contributed by atoms with Gasteiger partial charge in [-0.15, -0.1) is 11.3 Å². The Morgan fingerprint density at radius 2 is 1.35 bits per heavy atom. The molecule has 0 saturated carbocycles. The van der Waals surface area contributed by atoms with E-state index < -0.39 is 0 Å². The Morgan fingerprint density at radius 1 is 0.730 bits per heavy atom. The number of aromatic nitrogens is 1. The zero-order valence-electron chi connectivity index (χ0n) is 20.0. The van der Waals surface area contributed by atoms with Crippen LogP contribution < -0.4 is 20.3 Å². The highest BCUT2D eigenvalue weighted by Gasteiger charge is 2.15. The van der Waals surface area contributed by atoms with Crippen LogP contribution in [0.3, 0.4) is 0 Å². The zero-order valence-corrected chi connectivity index (χ0v) is 20.8. The number of para-hydroxylation sites is 1. The second kappa shape index (κ2) is 11.9. The van der Waals surface area contributed by atoms with Gasteiger partial charge in [0.05, 0.1) is 11.3 Å². The van der Waals surface area contributed by atoms with Gasteiger partial charge in [-0.1, -0.05) is 72.8 Å². The van der Waals surface area contributed by atoms with Crippen molar-refractivity contribution in [2.45, 2.75) is 13.2 Å². The van der Waals surface area contributed by atoms with Crippen molar-refractivity contribution in [2.24, 2.45) is 0 Å². The predicted octanol–water partition coefficient (Wildman–Crippen LogP) is 6.73. The van der Waals surface area contributed by atoms with Gasteiger partial charge in [-0.05, 0) is 47.5 Å². The van der Waals surface area contributed by atoms with Gasteiger partial charge in [-0.25, -0.2) is 4.98 Å². The third kappa shape index (κ3) is 6.54. The molecule has 0 spiro atoms. The molecule has 0 radical (unpaired) electrons. The molecule has 7 heteroatoms. The van der Waals surface area contributed by atoms with Crippen LogP contribution in [0.25, 0.3) is 10.6 Å². The number of hydrazine groups is 1. The molecule has 2 N–H and O–H groups in total. The van der Waals surface area contributed by atoms with Crippen LogP contribution in [0.15, 0.2) is 115 Å². The van der Waals surface area contributed by atoms with Crippen LogP contribution in [0.2, 0.25) is 0 Å². The maximum atomic E-state index is 12.7. The topological polar surface area (TPSA) is 72.5 Å². The van der Waals surface area contributed by atoms with Crippen LogP contribution in [0.4, 0.5) is 5.69 Å². The number of carbonyl (C=O) groups excluding carboxylic acids is 1. The van der Waals surface area contributed by atoms with E-state index >= 15 is 0 Å². The maximum Gasteiger partial charge on any atom is 0.289 e. The van der Waals surface area contributed by atoms with Crippen molar-refractivity contribution < 1.29 is 14.3 Å². The summed E-state index contributed by atoms with van der Waals surface area (Å²) in [6.45, 7) is 0.952. The minimum Gasteiger partial charge on any atom is -0.489 e. The Balaban J connectivity index is 1.16. The summed E-state index contributed by atoms with van der Waals surface area (Å²) >= 11 is 1.40. The van der Waals surface area contributed by atoms with E-state index in [4.69, 9.17) is 9.47 Å². The second-order valence-electron chi connectivity index (χ2n) is 8.19. The van der Waals surface area contributed by atoms with Crippen molar-refractivity contribution in [1.82, 2.24) is 10.4 Å². The summed E-state index contributed by atoms with van der Waals surface area (Å²) in [5, 5.41) is 2.45. The number of amides is 1. The van der Waals surface area contributed by atoms with Gasteiger partial charge >= 0.3 is 0 Å². The van der Waals surface area contributed by atoms with Crippen LogP contribution in [0.1, 0.15) is 21.6 Å². The predicted molar refractivity (Wildman–Crippen MR) is 147 cm³/mol. The van der Waals surface area contributed by atoms with Crippen molar-refractivity contribution in [3.8, 4) is 22.1 Å². The van der Waals surface area contributed by atoms with Crippen LogP contribution >= 0.6 is 11.3 Å². The first-order valence-electron chi connectivity index (χ1n) is 11.8. The Morgan fingerprint density at radius 3 is 2.05 bits per heavy atom. The van der Waals surface area contributed by atoms with Gasteiger partial charge < -0.3 is 9.47 Å². The van der Waals surface area contributed by atoms with Gasteiger partial charge in [0.15, 0.2) is 0 Å². The Hall–Kier alpha value is -4.62. The lowest BCUT2D eigenvalue weighted by Gasteiger charge is -2.10. The molecule has 0 aliphatic carbocycles. The van der Waals surface area contributed by atoms with Crippen LogP contribution in [-0.4, -0.2) is 10.9 Å². The summed E-state index contributed by atoms with van der Waals surface area (Å²) in [6.07, 6.45) is 0.